The molecule has 0 radical (unpaired) electrons. The van der Waals surface area contributed by atoms with Crippen molar-refractivity contribution in [1.29, 1.82) is 0 Å². The minimum atomic E-state index is 0.395. The van der Waals surface area contributed by atoms with Crippen molar-refractivity contribution < 1.29 is 0 Å². The van der Waals surface area contributed by atoms with Gasteiger partial charge in [0.15, 0.2) is 0 Å². The van der Waals surface area contributed by atoms with Crippen molar-refractivity contribution in [2.45, 2.75) is 40.2 Å². The van der Waals surface area contributed by atoms with Crippen LogP contribution in [0.1, 0.15) is 34.1 Å². The van der Waals surface area contributed by atoms with Crippen LogP contribution in [0.5, 0.6) is 0 Å². The predicted molar refractivity (Wildman–Crippen MR) is 62.5 cm³/mol. The van der Waals surface area contributed by atoms with Gasteiger partial charge in [0, 0.05) is 6.04 Å². The first kappa shape index (κ1) is 12.0. The molecule has 2 heteroatoms. The monoisotopic (exact) mass is 198 g/mol. The van der Waals surface area contributed by atoms with Crippen LogP contribution in [0, 0.1) is 11.3 Å². The van der Waals surface area contributed by atoms with Gasteiger partial charge in [-0.05, 0) is 51.4 Å². The highest BCUT2D eigenvalue weighted by molar-refractivity contribution is 4.80. The Morgan fingerprint density at radius 2 is 1.93 bits per heavy atom. The zero-order valence-electron chi connectivity index (χ0n) is 10.4. The number of rotatable bonds is 4. The summed E-state index contributed by atoms with van der Waals surface area (Å²) in [5.41, 5.74) is 0.395. The van der Waals surface area contributed by atoms with E-state index >= 15 is 0 Å². The third-order valence-electron chi connectivity index (χ3n) is 3.67. The highest BCUT2D eigenvalue weighted by Crippen LogP contribution is 2.23. The third kappa shape index (κ3) is 3.25. The lowest BCUT2D eigenvalue weighted by Gasteiger charge is -2.37. The van der Waals surface area contributed by atoms with E-state index in [-0.39, 0.29) is 0 Å². The van der Waals surface area contributed by atoms with Gasteiger partial charge in [-0.3, -0.25) is 0 Å². The molecule has 0 bridgehead atoms. The van der Waals surface area contributed by atoms with Crippen LogP contribution in [0.25, 0.3) is 0 Å². The second-order valence-electron chi connectivity index (χ2n) is 5.84. The Labute approximate surface area is 89.1 Å². The van der Waals surface area contributed by atoms with Crippen molar-refractivity contribution in [3.63, 3.8) is 0 Å². The fraction of sp³-hybridized carbons (Fsp3) is 1.00. The molecule has 2 nitrogen and oxygen atoms in total. The Kier molecular flexibility index (Phi) is 3.96. The van der Waals surface area contributed by atoms with Gasteiger partial charge in [-0.2, -0.15) is 0 Å². The molecule has 1 atom stereocenters. The van der Waals surface area contributed by atoms with Gasteiger partial charge in [0.05, 0.1) is 0 Å². The molecule has 0 aliphatic carbocycles. The Balaban J connectivity index is 2.22. The molecule has 1 unspecified atom stereocenters. The fourth-order valence-corrected chi connectivity index (χ4v) is 1.79. The summed E-state index contributed by atoms with van der Waals surface area (Å²) in [4.78, 5) is 2.50. The molecule has 0 spiro atoms. The van der Waals surface area contributed by atoms with Gasteiger partial charge >= 0.3 is 0 Å². The molecule has 1 rings (SSSR count). The molecule has 0 aromatic rings. The smallest absolute Gasteiger partial charge is 0.0112 e. The summed E-state index contributed by atoms with van der Waals surface area (Å²) in [6.07, 6.45) is 1.35. The van der Waals surface area contributed by atoms with Gasteiger partial charge in [-0.15, -0.1) is 0 Å². The highest BCUT2D eigenvalue weighted by atomic mass is 15.1. The van der Waals surface area contributed by atoms with Crippen LogP contribution >= 0.6 is 0 Å². The van der Waals surface area contributed by atoms with Gasteiger partial charge in [-0.25, -0.2) is 0 Å². The average molecular weight is 198 g/mol. The van der Waals surface area contributed by atoms with Gasteiger partial charge in [-0.1, -0.05) is 20.8 Å². The first-order valence-corrected chi connectivity index (χ1v) is 5.82. The number of nitrogens with one attached hydrogen (secondary N) is 1. The van der Waals surface area contributed by atoms with Gasteiger partial charge in [0.2, 0.25) is 0 Å². The quantitative estimate of drug-likeness (QED) is 0.743. The largest absolute Gasteiger partial charge is 0.316 e. The van der Waals surface area contributed by atoms with Gasteiger partial charge < -0.3 is 10.2 Å². The standard InChI is InChI=1S/C12H26N2/c1-10(12(2,3)4)14(5)7-6-11-8-13-9-11/h10-11,13H,6-9H2,1-5H3. The van der Waals surface area contributed by atoms with Crippen molar-refractivity contribution in [3.05, 3.63) is 0 Å². The Morgan fingerprint density at radius 1 is 1.36 bits per heavy atom. The summed E-state index contributed by atoms with van der Waals surface area (Å²) in [7, 11) is 2.25. The van der Waals surface area contributed by atoms with Crippen LogP contribution in [0.4, 0.5) is 0 Å². The molecule has 0 aromatic carbocycles. The van der Waals surface area contributed by atoms with Crippen LogP contribution in [0.2, 0.25) is 0 Å². The molecule has 1 N–H and O–H groups in total. The Bertz CT molecular complexity index is 168. The summed E-state index contributed by atoms with van der Waals surface area (Å²) in [6, 6.07) is 0.663. The zero-order chi connectivity index (χ0) is 10.8. The van der Waals surface area contributed by atoms with Crippen LogP contribution < -0.4 is 5.32 Å². The van der Waals surface area contributed by atoms with Crippen molar-refractivity contribution >= 4 is 0 Å². The molecule has 1 aliphatic heterocycles. The molecule has 0 saturated carbocycles. The first-order chi connectivity index (χ1) is 6.41. The Hall–Kier alpha value is -0.0800. The minimum absolute atomic E-state index is 0.395. The van der Waals surface area contributed by atoms with Crippen molar-refractivity contribution in [3.8, 4) is 0 Å². The van der Waals surface area contributed by atoms with Crippen molar-refractivity contribution in [2.24, 2.45) is 11.3 Å². The fourth-order valence-electron chi connectivity index (χ4n) is 1.79. The van der Waals surface area contributed by atoms with E-state index in [1.165, 1.54) is 26.1 Å². The summed E-state index contributed by atoms with van der Waals surface area (Å²) < 4.78 is 0. The van der Waals surface area contributed by atoms with Crippen molar-refractivity contribution in [1.82, 2.24) is 10.2 Å². The molecule has 14 heavy (non-hydrogen) atoms. The number of hydrogen-bond donors (Lipinski definition) is 1. The second-order valence-corrected chi connectivity index (χ2v) is 5.84. The van der Waals surface area contributed by atoms with Crippen LogP contribution in [0.15, 0.2) is 0 Å². The summed E-state index contributed by atoms with van der Waals surface area (Å²) in [5.74, 6) is 0.935. The van der Waals surface area contributed by atoms with E-state index in [0.717, 1.165) is 5.92 Å². The first-order valence-electron chi connectivity index (χ1n) is 5.82. The third-order valence-corrected chi connectivity index (χ3v) is 3.67. The normalized spacial score (nSPS) is 21.0. The van der Waals surface area contributed by atoms with E-state index in [2.05, 4.69) is 45.0 Å². The minimum Gasteiger partial charge on any atom is -0.316 e. The number of hydrogen-bond acceptors (Lipinski definition) is 2. The second kappa shape index (κ2) is 4.63. The van der Waals surface area contributed by atoms with E-state index < -0.39 is 0 Å². The summed E-state index contributed by atoms with van der Waals surface area (Å²) in [6.45, 7) is 13.0. The lowest BCUT2D eigenvalue weighted by Crippen LogP contribution is -2.45. The van der Waals surface area contributed by atoms with Crippen LogP contribution in [0.3, 0.4) is 0 Å². The molecule has 1 saturated heterocycles. The molecular weight excluding hydrogens is 172 g/mol. The topological polar surface area (TPSA) is 15.3 Å². The molecule has 1 aliphatic rings. The van der Waals surface area contributed by atoms with E-state index in [1.54, 1.807) is 0 Å². The summed E-state index contributed by atoms with van der Waals surface area (Å²) in [5, 5.41) is 3.33. The van der Waals surface area contributed by atoms with Gasteiger partial charge in [0.1, 0.15) is 0 Å². The maximum Gasteiger partial charge on any atom is 0.0112 e. The maximum atomic E-state index is 3.33. The molecule has 1 heterocycles. The van der Waals surface area contributed by atoms with Crippen LogP contribution in [-0.4, -0.2) is 37.6 Å². The average Bonchev–Trinajstić information content (AvgIpc) is 1.98. The zero-order valence-corrected chi connectivity index (χ0v) is 10.4. The molecule has 1 fully saturated rings. The molecule has 84 valence electrons. The van der Waals surface area contributed by atoms with E-state index in [1.807, 2.05) is 0 Å². The summed E-state index contributed by atoms with van der Waals surface area (Å²) >= 11 is 0. The number of nitrogens with zero attached hydrogens (tertiary/aromatic N) is 1. The van der Waals surface area contributed by atoms with E-state index in [0.29, 0.717) is 11.5 Å². The van der Waals surface area contributed by atoms with E-state index in [4.69, 9.17) is 0 Å². The van der Waals surface area contributed by atoms with Crippen molar-refractivity contribution in [2.75, 3.05) is 26.7 Å². The van der Waals surface area contributed by atoms with Crippen LogP contribution in [-0.2, 0) is 0 Å². The lowest BCUT2D eigenvalue weighted by atomic mass is 9.86. The van der Waals surface area contributed by atoms with E-state index in [9.17, 15) is 0 Å². The molecule has 0 amide bonds. The van der Waals surface area contributed by atoms with Gasteiger partial charge in [0.25, 0.3) is 0 Å². The Morgan fingerprint density at radius 3 is 2.29 bits per heavy atom. The molecular formula is C12H26N2. The highest BCUT2D eigenvalue weighted by Gasteiger charge is 2.25. The predicted octanol–water partition coefficient (Wildman–Crippen LogP) is 1.96. The SMILES string of the molecule is CC(N(C)CCC1CNC1)C(C)(C)C. The molecule has 0 aromatic heterocycles. The maximum absolute atomic E-state index is 3.33. The lowest BCUT2D eigenvalue weighted by molar-refractivity contribution is 0.128.